The molecule has 0 aromatic heterocycles. The van der Waals surface area contributed by atoms with Crippen LogP contribution in [0, 0.1) is 0 Å². The van der Waals surface area contributed by atoms with Crippen molar-refractivity contribution in [3.8, 4) is 5.75 Å². The predicted octanol–water partition coefficient (Wildman–Crippen LogP) is 3.10. The molecule has 0 spiro atoms. The first kappa shape index (κ1) is 20.2. The highest BCUT2D eigenvalue weighted by atomic mass is 35.5. The molecule has 140 valence electrons. The Labute approximate surface area is 158 Å². The van der Waals surface area contributed by atoms with E-state index in [1.807, 2.05) is 0 Å². The molecule has 0 unspecified atom stereocenters. The maximum Gasteiger partial charge on any atom is 0.321 e. The molecular weight excluding hydrogens is 378 g/mol. The zero-order valence-corrected chi connectivity index (χ0v) is 16.1. The summed E-state index contributed by atoms with van der Waals surface area (Å²) < 4.78 is 37.0. The fraction of sp³-hybridized carbons (Fsp3) is 0.278. The van der Waals surface area contributed by atoms with Crippen LogP contribution >= 0.6 is 11.6 Å². The van der Waals surface area contributed by atoms with Gasteiger partial charge >= 0.3 is 5.97 Å². The van der Waals surface area contributed by atoms with Crippen LogP contribution in [0.1, 0.15) is 12.5 Å². The molecule has 26 heavy (non-hydrogen) atoms. The molecule has 6 nitrogen and oxygen atoms in total. The van der Waals surface area contributed by atoms with Crippen LogP contribution in [0.5, 0.6) is 5.75 Å². The Bertz CT molecular complexity index is 835. The van der Waals surface area contributed by atoms with Gasteiger partial charge in [-0.3, -0.25) is 4.79 Å². The van der Waals surface area contributed by atoms with E-state index in [2.05, 4.69) is 0 Å². The maximum absolute atomic E-state index is 13.0. The van der Waals surface area contributed by atoms with Gasteiger partial charge < -0.3 is 9.47 Å². The molecule has 0 N–H and O–H groups in total. The van der Waals surface area contributed by atoms with Crippen LogP contribution in [-0.2, 0) is 26.1 Å². The third kappa shape index (κ3) is 5.20. The fourth-order valence-electron chi connectivity index (χ4n) is 2.27. The van der Waals surface area contributed by atoms with E-state index in [0.29, 0.717) is 16.3 Å². The molecule has 0 amide bonds. The Morgan fingerprint density at radius 1 is 1.08 bits per heavy atom. The molecule has 8 heteroatoms. The quantitative estimate of drug-likeness (QED) is 0.640. The van der Waals surface area contributed by atoms with Crippen molar-refractivity contribution in [3.05, 3.63) is 59.1 Å². The first-order valence-corrected chi connectivity index (χ1v) is 9.73. The number of rotatable bonds is 8. The number of sulfonamides is 1. The molecule has 0 atom stereocenters. The zero-order valence-electron chi connectivity index (χ0n) is 14.5. The summed E-state index contributed by atoms with van der Waals surface area (Å²) in [5.74, 6) is -0.0721. The highest BCUT2D eigenvalue weighted by molar-refractivity contribution is 7.89. The lowest BCUT2D eigenvalue weighted by atomic mass is 10.2. The van der Waals surface area contributed by atoms with Crippen molar-refractivity contribution in [1.29, 1.82) is 0 Å². The van der Waals surface area contributed by atoms with Gasteiger partial charge in [0, 0.05) is 11.6 Å². The second-order valence-corrected chi connectivity index (χ2v) is 7.75. The van der Waals surface area contributed by atoms with E-state index in [-0.39, 0.29) is 24.6 Å². The fourth-order valence-corrected chi connectivity index (χ4v) is 3.77. The van der Waals surface area contributed by atoms with Crippen LogP contribution in [-0.4, -0.2) is 39.0 Å². The first-order chi connectivity index (χ1) is 12.4. The largest absolute Gasteiger partial charge is 0.497 e. The summed E-state index contributed by atoms with van der Waals surface area (Å²) >= 11 is 5.87. The smallest absolute Gasteiger partial charge is 0.321 e. The number of hydrogen-bond donors (Lipinski definition) is 0. The van der Waals surface area contributed by atoms with Crippen molar-refractivity contribution in [2.45, 2.75) is 18.4 Å². The normalized spacial score (nSPS) is 11.4. The van der Waals surface area contributed by atoms with Crippen molar-refractivity contribution in [2.24, 2.45) is 0 Å². The molecule has 0 radical (unpaired) electrons. The van der Waals surface area contributed by atoms with Gasteiger partial charge in [-0.2, -0.15) is 4.31 Å². The zero-order chi connectivity index (χ0) is 19.2. The van der Waals surface area contributed by atoms with Gasteiger partial charge in [0.25, 0.3) is 0 Å². The van der Waals surface area contributed by atoms with Crippen LogP contribution in [0.2, 0.25) is 5.02 Å². The lowest BCUT2D eigenvalue weighted by molar-refractivity contribution is -0.143. The van der Waals surface area contributed by atoms with Gasteiger partial charge in [-0.25, -0.2) is 8.42 Å². The summed E-state index contributed by atoms with van der Waals surface area (Å²) in [5.41, 5.74) is 0.704. The van der Waals surface area contributed by atoms with Crippen molar-refractivity contribution >= 4 is 27.6 Å². The molecular formula is C18H20ClNO5S. The number of methoxy groups -OCH3 is 1. The lowest BCUT2D eigenvalue weighted by Gasteiger charge is -2.21. The number of ether oxygens (including phenoxy) is 2. The minimum Gasteiger partial charge on any atom is -0.497 e. The number of halogens is 1. The van der Waals surface area contributed by atoms with Crippen LogP contribution in [0.3, 0.4) is 0 Å². The third-order valence-corrected chi connectivity index (χ3v) is 5.64. The molecule has 0 fully saturated rings. The van der Waals surface area contributed by atoms with Crippen LogP contribution < -0.4 is 4.74 Å². The summed E-state index contributed by atoms with van der Waals surface area (Å²) in [6.07, 6.45) is 0. The maximum atomic E-state index is 13.0. The summed E-state index contributed by atoms with van der Waals surface area (Å²) in [7, 11) is -2.41. The lowest BCUT2D eigenvalue weighted by Crippen LogP contribution is -2.36. The van der Waals surface area contributed by atoms with E-state index in [9.17, 15) is 13.2 Å². The molecule has 0 saturated carbocycles. The van der Waals surface area contributed by atoms with Gasteiger partial charge in [-0.1, -0.05) is 23.7 Å². The van der Waals surface area contributed by atoms with E-state index in [0.717, 1.165) is 4.31 Å². The number of hydrogen-bond acceptors (Lipinski definition) is 5. The highest BCUT2D eigenvalue weighted by Crippen LogP contribution is 2.22. The molecule has 0 bridgehead atoms. The summed E-state index contributed by atoms with van der Waals surface area (Å²) in [5, 5.41) is 0.545. The molecule has 0 saturated heterocycles. The second-order valence-electron chi connectivity index (χ2n) is 5.38. The van der Waals surface area contributed by atoms with Gasteiger partial charge in [-0.05, 0) is 48.9 Å². The van der Waals surface area contributed by atoms with Crippen LogP contribution in [0.25, 0.3) is 0 Å². The van der Waals surface area contributed by atoms with Gasteiger partial charge in [-0.15, -0.1) is 0 Å². The number of nitrogens with zero attached hydrogens (tertiary/aromatic N) is 1. The monoisotopic (exact) mass is 397 g/mol. The number of carbonyl (C=O) groups is 1. The number of benzene rings is 2. The topological polar surface area (TPSA) is 72.9 Å². The third-order valence-electron chi connectivity index (χ3n) is 3.58. The van der Waals surface area contributed by atoms with E-state index in [4.69, 9.17) is 21.1 Å². The minimum absolute atomic E-state index is 0.0182. The SMILES string of the molecule is CCOC(=O)CN(Cc1ccc(Cl)cc1)S(=O)(=O)c1ccc(OC)cc1. The van der Waals surface area contributed by atoms with Crippen LogP contribution in [0.4, 0.5) is 0 Å². The van der Waals surface area contributed by atoms with Crippen LogP contribution in [0.15, 0.2) is 53.4 Å². The predicted molar refractivity (Wildman–Crippen MR) is 98.7 cm³/mol. The Hall–Kier alpha value is -2.09. The number of esters is 1. The molecule has 0 heterocycles. The van der Waals surface area contributed by atoms with E-state index in [1.54, 1.807) is 43.3 Å². The average molecular weight is 398 g/mol. The average Bonchev–Trinajstić information content (AvgIpc) is 2.63. The molecule has 0 aliphatic carbocycles. The molecule has 2 aromatic carbocycles. The van der Waals surface area contributed by atoms with Gasteiger partial charge in [0.2, 0.25) is 10.0 Å². The van der Waals surface area contributed by atoms with Gasteiger partial charge in [0.1, 0.15) is 12.3 Å². The highest BCUT2D eigenvalue weighted by Gasteiger charge is 2.27. The standard InChI is InChI=1S/C18H20ClNO5S/c1-3-25-18(21)13-20(12-14-4-6-15(19)7-5-14)26(22,23)17-10-8-16(24-2)9-11-17/h4-11H,3,12-13H2,1-2H3. The van der Waals surface area contributed by atoms with E-state index >= 15 is 0 Å². The second kappa shape index (κ2) is 9.02. The summed E-state index contributed by atoms with van der Waals surface area (Å²) in [4.78, 5) is 12.0. The molecule has 2 aromatic rings. The van der Waals surface area contributed by atoms with E-state index < -0.39 is 16.0 Å². The van der Waals surface area contributed by atoms with Crippen molar-refractivity contribution in [1.82, 2.24) is 4.31 Å². The molecule has 2 rings (SSSR count). The number of carbonyl (C=O) groups excluding carboxylic acids is 1. The Morgan fingerprint density at radius 3 is 2.23 bits per heavy atom. The van der Waals surface area contributed by atoms with Gasteiger partial charge in [0.05, 0.1) is 18.6 Å². The first-order valence-electron chi connectivity index (χ1n) is 7.91. The Kier molecular flexibility index (Phi) is 7.02. The van der Waals surface area contributed by atoms with Crippen molar-refractivity contribution in [3.63, 3.8) is 0 Å². The molecule has 0 aliphatic rings. The molecule has 0 aliphatic heterocycles. The summed E-state index contributed by atoms with van der Waals surface area (Å²) in [6, 6.07) is 12.7. The van der Waals surface area contributed by atoms with Gasteiger partial charge in [0.15, 0.2) is 0 Å². The van der Waals surface area contributed by atoms with E-state index in [1.165, 1.54) is 19.2 Å². The Morgan fingerprint density at radius 2 is 1.69 bits per heavy atom. The summed E-state index contributed by atoms with van der Waals surface area (Å²) in [6.45, 7) is 1.48. The minimum atomic E-state index is -3.90. The van der Waals surface area contributed by atoms with Crippen molar-refractivity contribution in [2.75, 3.05) is 20.3 Å². The van der Waals surface area contributed by atoms with Crippen molar-refractivity contribution < 1.29 is 22.7 Å². The Balaban J connectivity index is 2.33.